The van der Waals surface area contributed by atoms with Crippen molar-refractivity contribution in [3.8, 4) is 0 Å². The molecule has 8 heteroatoms. The first-order valence-corrected chi connectivity index (χ1v) is 9.87. The second-order valence-electron chi connectivity index (χ2n) is 7.74. The van der Waals surface area contributed by atoms with E-state index in [4.69, 9.17) is 0 Å². The Bertz CT molecular complexity index is 809. The lowest BCUT2D eigenvalue weighted by Gasteiger charge is -2.39. The van der Waals surface area contributed by atoms with E-state index < -0.39 is 17.8 Å². The Balaban J connectivity index is 1.34. The molecular formula is C21H25F3N4O. The van der Waals surface area contributed by atoms with Crippen molar-refractivity contribution in [3.05, 3.63) is 59.8 Å². The molecule has 1 N–H and O–H groups in total. The molecule has 2 aromatic rings. The van der Waals surface area contributed by atoms with Crippen LogP contribution in [0.2, 0.25) is 0 Å². The molecule has 0 saturated carbocycles. The van der Waals surface area contributed by atoms with Gasteiger partial charge in [-0.2, -0.15) is 13.2 Å². The maximum absolute atomic E-state index is 12.9. The average molecular weight is 406 g/mol. The first-order valence-electron chi connectivity index (χ1n) is 9.87. The molecule has 0 radical (unpaired) electrons. The Labute approximate surface area is 168 Å². The molecule has 4 rings (SSSR count). The zero-order valence-electron chi connectivity index (χ0n) is 16.1. The number of benzene rings is 1. The van der Waals surface area contributed by atoms with Crippen LogP contribution < -0.4 is 4.90 Å². The number of aliphatic hydroxyl groups is 1. The number of likely N-dealkylation sites (tertiary alicyclic amines) is 1. The highest BCUT2D eigenvalue weighted by atomic mass is 19.4. The Morgan fingerprint density at radius 1 is 1.00 bits per heavy atom. The van der Waals surface area contributed by atoms with Crippen molar-refractivity contribution in [2.75, 3.05) is 44.2 Å². The SMILES string of the molecule is O[C@H]1CN(Cc2cccc(C(F)(F)F)c2)C[C@@H]1N1CCN(c2ccccn2)CC1. The molecule has 3 heterocycles. The van der Waals surface area contributed by atoms with E-state index in [1.54, 1.807) is 12.3 Å². The van der Waals surface area contributed by atoms with Crippen LogP contribution in [0.1, 0.15) is 11.1 Å². The first kappa shape index (κ1) is 20.1. The number of rotatable bonds is 4. The summed E-state index contributed by atoms with van der Waals surface area (Å²) in [4.78, 5) is 11.0. The van der Waals surface area contributed by atoms with Crippen molar-refractivity contribution in [2.45, 2.75) is 24.9 Å². The predicted octanol–water partition coefficient (Wildman–Crippen LogP) is 2.47. The number of nitrogens with zero attached hydrogens (tertiary/aromatic N) is 4. The van der Waals surface area contributed by atoms with Crippen LogP contribution in [0.5, 0.6) is 0 Å². The van der Waals surface area contributed by atoms with Gasteiger partial charge in [0.15, 0.2) is 0 Å². The highest BCUT2D eigenvalue weighted by Crippen LogP contribution is 2.30. The summed E-state index contributed by atoms with van der Waals surface area (Å²) in [6.45, 7) is 4.88. The van der Waals surface area contributed by atoms with Crippen molar-refractivity contribution in [1.82, 2.24) is 14.8 Å². The summed E-state index contributed by atoms with van der Waals surface area (Å²) >= 11 is 0. The minimum absolute atomic E-state index is 0.00619. The molecule has 1 aromatic carbocycles. The van der Waals surface area contributed by atoms with Gasteiger partial charge in [0.2, 0.25) is 0 Å². The van der Waals surface area contributed by atoms with Crippen LogP contribution in [-0.4, -0.2) is 71.3 Å². The van der Waals surface area contributed by atoms with E-state index in [1.165, 1.54) is 12.1 Å². The maximum atomic E-state index is 12.9. The van der Waals surface area contributed by atoms with Crippen molar-refractivity contribution in [3.63, 3.8) is 0 Å². The zero-order chi connectivity index (χ0) is 20.4. The summed E-state index contributed by atoms with van der Waals surface area (Å²) in [5, 5.41) is 10.6. The van der Waals surface area contributed by atoms with E-state index in [-0.39, 0.29) is 6.04 Å². The van der Waals surface area contributed by atoms with Gasteiger partial charge < -0.3 is 10.0 Å². The number of pyridine rings is 1. The summed E-state index contributed by atoms with van der Waals surface area (Å²) in [5.74, 6) is 0.963. The van der Waals surface area contributed by atoms with E-state index in [9.17, 15) is 18.3 Å². The fraction of sp³-hybridized carbons (Fsp3) is 0.476. The molecule has 2 aliphatic rings. The number of aromatic nitrogens is 1. The predicted molar refractivity (Wildman–Crippen MR) is 105 cm³/mol. The number of piperazine rings is 1. The third kappa shape index (κ3) is 4.71. The van der Waals surface area contributed by atoms with Gasteiger partial charge in [-0.15, -0.1) is 0 Å². The van der Waals surface area contributed by atoms with Crippen LogP contribution in [0.4, 0.5) is 19.0 Å². The lowest BCUT2D eigenvalue weighted by molar-refractivity contribution is -0.137. The summed E-state index contributed by atoms with van der Waals surface area (Å²) in [5.41, 5.74) is -0.00964. The molecule has 2 atom stereocenters. The average Bonchev–Trinajstić information content (AvgIpc) is 3.08. The Hall–Kier alpha value is -2.16. The van der Waals surface area contributed by atoms with Gasteiger partial charge in [-0.05, 0) is 23.8 Å². The fourth-order valence-electron chi connectivity index (χ4n) is 4.26. The molecule has 2 saturated heterocycles. The molecular weight excluding hydrogens is 381 g/mol. The molecule has 0 bridgehead atoms. The molecule has 2 aliphatic heterocycles. The Morgan fingerprint density at radius 2 is 1.79 bits per heavy atom. The monoisotopic (exact) mass is 406 g/mol. The number of aliphatic hydroxyl groups excluding tert-OH is 1. The molecule has 29 heavy (non-hydrogen) atoms. The first-order chi connectivity index (χ1) is 13.9. The quantitative estimate of drug-likeness (QED) is 0.845. The minimum atomic E-state index is -4.34. The van der Waals surface area contributed by atoms with Gasteiger partial charge in [0.1, 0.15) is 5.82 Å². The number of anilines is 1. The van der Waals surface area contributed by atoms with Gasteiger partial charge in [0.05, 0.1) is 11.7 Å². The number of hydrogen-bond donors (Lipinski definition) is 1. The van der Waals surface area contributed by atoms with Crippen molar-refractivity contribution in [2.24, 2.45) is 0 Å². The zero-order valence-corrected chi connectivity index (χ0v) is 16.1. The summed E-state index contributed by atoms with van der Waals surface area (Å²) < 4.78 is 38.8. The smallest absolute Gasteiger partial charge is 0.390 e. The second kappa shape index (κ2) is 8.30. The highest BCUT2D eigenvalue weighted by molar-refractivity contribution is 5.38. The molecule has 0 unspecified atom stereocenters. The number of hydrogen-bond acceptors (Lipinski definition) is 5. The fourth-order valence-corrected chi connectivity index (χ4v) is 4.26. The molecule has 156 valence electrons. The van der Waals surface area contributed by atoms with Gasteiger partial charge in [0.25, 0.3) is 0 Å². The van der Waals surface area contributed by atoms with E-state index in [0.29, 0.717) is 25.2 Å². The van der Waals surface area contributed by atoms with Crippen LogP contribution in [0.3, 0.4) is 0 Å². The van der Waals surface area contributed by atoms with Crippen LogP contribution >= 0.6 is 0 Å². The molecule has 1 aromatic heterocycles. The summed E-state index contributed by atoms with van der Waals surface area (Å²) in [7, 11) is 0. The third-order valence-corrected chi connectivity index (χ3v) is 5.75. The van der Waals surface area contributed by atoms with Gasteiger partial charge in [-0.1, -0.05) is 24.3 Å². The molecule has 5 nitrogen and oxygen atoms in total. The maximum Gasteiger partial charge on any atom is 0.416 e. The van der Waals surface area contributed by atoms with Gasteiger partial charge >= 0.3 is 6.18 Å². The van der Waals surface area contributed by atoms with E-state index >= 15 is 0 Å². The van der Waals surface area contributed by atoms with Crippen LogP contribution in [0, 0.1) is 0 Å². The minimum Gasteiger partial charge on any atom is -0.390 e. The van der Waals surface area contributed by atoms with Crippen LogP contribution in [0.25, 0.3) is 0 Å². The van der Waals surface area contributed by atoms with Crippen molar-refractivity contribution in [1.29, 1.82) is 0 Å². The summed E-state index contributed by atoms with van der Waals surface area (Å²) in [6.07, 6.45) is -3.05. The van der Waals surface area contributed by atoms with Crippen molar-refractivity contribution >= 4 is 5.82 Å². The van der Waals surface area contributed by atoms with Crippen molar-refractivity contribution < 1.29 is 18.3 Å². The lowest BCUT2D eigenvalue weighted by Crippen LogP contribution is -2.53. The van der Waals surface area contributed by atoms with E-state index in [1.807, 2.05) is 23.1 Å². The number of β-amino-alcohol motifs (C(OH)–C–C–N with tert-alkyl or cyclic N) is 1. The van der Waals surface area contributed by atoms with Gasteiger partial charge in [0, 0.05) is 58.1 Å². The Kier molecular flexibility index (Phi) is 5.76. The Morgan fingerprint density at radius 3 is 2.48 bits per heavy atom. The molecule has 0 amide bonds. The third-order valence-electron chi connectivity index (χ3n) is 5.75. The largest absolute Gasteiger partial charge is 0.416 e. The van der Waals surface area contributed by atoms with Gasteiger partial charge in [-0.3, -0.25) is 9.80 Å². The number of halogens is 3. The lowest BCUT2D eigenvalue weighted by atomic mass is 10.1. The topological polar surface area (TPSA) is 42.8 Å². The van der Waals surface area contributed by atoms with E-state index in [2.05, 4.69) is 14.8 Å². The second-order valence-corrected chi connectivity index (χ2v) is 7.74. The standard InChI is InChI=1S/C21H25F3N4O/c22-21(23,24)17-5-3-4-16(12-17)13-26-14-18(19(29)15-26)27-8-10-28(11-9-27)20-6-1-2-7-25-20/h1-7,12,18-19,29H,8-11,13-15H2/t18-,19-/m0/s1. The normalized spacial score (nSPS) is 24.2. The van der Waals surface area contributed by atoms with Crippen LogP contribution in [0.15, 0.2) is 48.7 Å². The molecule has 0 aliphatic carbocycles. The number of alkyl halides is 3. The van der Waals surface area contributed by atoms with E-state index in [0.717, 1.165) is 38.1 Å². The molecule has 0 spiro atoms. The highest BCUT2D eigenvalue weighted by Gasteiger charge is 2.37. The summed E-state index contributed by atoms with van der Waals surface area (Å²) in [6, 6.07) is 11.3. The van der Waals surface area contributed by atoms with Gasteiger partial charge in [-0.25, -0.2) is 4.98 Å². The molecule has 2 fully saturated rings. The van der Waals surface area contributed by atoms with Crippen LogP contribution in [-0.2, 0) is 12.7 Å².